The summed E-state index contributed by atoms with van der Waals surface area (Å²) in [6, 6.07) is 1.19. The smallest absolute Gasteiger partial charge is 0.201 e. The zero-order valence-corrected chi connectivity index (χ0v) is 9.94. The highest BCUT2D eigenvalue weighted by molar-refractivity contribution is 9.10. The summed E-state index contributed by atoms with van der Waals surface area (Å²) in [4.78, 5) is 0. The van der Waals surface area contributed by atoms with E-state index in [4.69, 9.17) is 0 Å². The number of hydrogen-bond acceptors (Lipinski definition) is 3. The molecule has 0 aromatic heterocycles. The third kappa shape index (κ3) is 2.05. The third-order valence-electron chi connectivity index (χ3n) is 2.58. The summed E-state index contributed by atoms with van der Waals surface area (Å²) in [6.07, 6.45) is 0. The van der Waals surface area contributed by atoms with Crippen molar-refractivity contribution in [3.8, 4) is 5.75 Å². The van der Waals surface area contributed by atoms with Gasteiger partial charge in [-0.25, -0.2) is 4.39 Å². The lowest BCUT2D eigenvalue weighted by Gasteiger charge is -2.25. The molecule has 2 rings (SSSR count). The van der Waals surface area contributed by atoms with Gasteiger partial charge in [0.1, 0.15) is 0 Å². The van der Waals surface area contributed by atoms with Crippen molar-refractivity contribution in [3.63, 3.8) is 0 Å². The molecule has 6 heteroatoms. The fraction of sp³-hybridized carbons (Fsp3) is 0.400. The van der Waals surface area contributed by atoms with Crippen LogP contribution < -0.4 is 10.6 Å². The second-order valence-electron chi connectivity index (χ2n) is 3.64. The summed E-state index contributed by atoms with van der Waals surface area (Å²) in [5.74, 6) is -2.90. The van der Waals surface area contributed by atoms with Gasteiger partial charge in [-0.1, -0.05) is 0 Å². The number of piperazine rings is 1. The number of nitrogens with one attached hydrogen (secondary N) is 2. The fourth-order valence-corrected chi connectivity index (χ4v) is 2.16. The Morgan fingerprint density at radius 1 is 1.31 bits per heavy atom. The summed E-state index contributed by atoms with van der Waals surface area (Å²) < 4.78 is 26.4. The highest BCUT2D eigenvalue weighted by atomic mass is 79.9. The maximum Gasteiger partial charge on any atom is 0.201 e. The van der Waals surface area contributed by atoms with Gasteiger partial charge in [0.05, 0.1) is 4.47 Å². The van der Waals surface area contributed by atoms with E-state index in [1.165, 1.54) is 6.07 Å². The zero-order valence-electron chi connectivity index (χ0n) is 8.36. The van der Waals surface area contributed by atoms with Gasteiger partial charge in [0.15, 0.2) is 11.6 Å². The average Bonchev–Trinajstić information content (AvgIpc) is 2.32. The van der Waals surface area contributed by atoms with Crippen LogP contribution in [0.3, 0.4) is 0 Å². The van der Waals surface area contributed by atoms with E-state index in [0.29, 0.717) is 12.1 Å². The highest BCUT2D eigenvalue weighted by Gasteiger charge is 2.23. The van der Waals surface area contributed by atoms with Gasteiger partial charge in [-0.15, -0.1) is 0 Å². The molecule has 0 spiro atoms. The van der Waals surface area contributed by atoms with Crippen molar-refractivity contribution < 1.29 is 13.9 Å². The van der Waals surface area contributed by atoms with Gasteiger partial charge >= 0.3 is 0 Å². The van der Waals surface area contributed by atoms with E-state index < -0.39 is 17.4 Å². The van der Waals surface area contributed by atoms with Crippen LogP contribution in [0.15, 0.2) is 10.5 Å². The molecule has 1 heterocycles. The molecule has 1 aliphatic heterocycles. The molecular formula is C10H11BrF2N2O. The summed E-state index contributed by atoms with van der Waals surface area (Å²) in [6.45, 7) is 2.12. The Hall–Kier alpha value is -0.720. The molecule has 1 aromatic rings. The standard InChI is InChI=1S/C10H11BrF2N2O/c11-6-3-5(7-4-14-1-2-15-7)10(16)9(13)8(6)12/h3,7,14-16H,1-2,4H2/t7-/m1/s1. The summed E-state index contributed by atoms with van der Waals surface area (Å²) in [7, 11) is 0. The number of rotatable bonds is 1. The van der Waals surface area contributed by atoms with E-state index in [1.54, 1.807) is 0 Å². The van der Waals surface area contributed by atoms with Crippen molar-refractivity contribution in [2.75, 3.05) is 19.6 Å². The normalized spacial score (nSPS) is 21.1. The van der Waals surface area contributed by atoms with Crippen LogP contribution in [0.2, 0.25) is 0 Å². The monoisotopic (exact) mass is 292 g/mol. The molecular weight excluding hydrogens is 282 g/mol. The molecule has 0 amide bonds. The number of halogens is 3. The molecule has 3 nitrogen and oxygen atoms in total. The number of hydrogen-bond donors (Lipinski definition) is 3. The zero-order chi connectivity index (χ0) is 11.7. The van der Waals surface area contributed by atoms with Gasteiger partial charge in [-0.3, -0.25) is 0 Å². The van der Waals surface area contributed by atoms with Crippen molar-refractivity contribution in [3.05, 3.63) is 27.7 Å². The minimum Gasteiger partial charge on any atom is -0.505 e. The van der Waals surface area contributed by atoms with Crippen molar-refractivity contribution >= 4 is 15.9 Å². The van der Waals surface area contributed by atoms with E-state index in [-0.39, 0.29) is 10.5 Å². The molecule has 0 saturated carbocycles. The first-order valence-electron chi connectivity index (χ1n) is 4.91. The lowest BCUT2D eigenvalue weighted by molar-refractivity contribution is 0.373. The molecule has 0 bridgehead atoms. The lowest BCUT2D eigenvalue weighted by atomic mass is 10.0. The van der Waals surface area contributed by atoms with E-state index in [9.17, 15) is 13.9 Å². The maximum atomic E-state index is 13.3. The Kier molecular flexibility index (Phi) is 3.41. The average molecular weight is 293 g/mol. The van der Waals surface area contributed by atoms with Crippen LogP contribution in [0.5, 0.6) is 5.75 Å². The molecule has 1 saturated heterocycles. The number of phenols is 1. The SMILES string of the molecule is Oc1c([C@H]2CNCCN2)cc(Br)c(F)c1F. The first-order chi connectivity index (χ1) is 7.61. The fourth-order valence-electron chi connectivity index (χ4n) is 1.74. The Labute approximate surface area is 100.0 Å². The van der Waals surface area contributed by atoms with Gasteiger partial charge in [-0.05, 0) is 22.0 Å². The van der Waals surface area contributed by atoms with Crippen LogP contribution in [-0.2, 0) is 0 Å². The van der Waals surface area contributed by atoms with Crippen LogP contribution in [0.4, 0.5) is 8.78 Å². The van der Waals surface area contributed by atoms with Gasteiger partial charge in [0.2, 0.25) is 5.82 Å². The van der Waals surface area contributed by atoms with E-state index in [0.717, 1.165) is 13.1 Å². The third-order valence-corrected chi connectivity index (χ3v) is 3.16. The molecule has 16 heavy (non-hydrogen) atoms. The Morgan fingerprint density at radius 3 is 2.69 bits per heavy atom. The van der Waals surface area contributed by atoms with Gasteiger partial charge in [0, 0.05) is 31.2 Å². The molecule has 0 unspecified atom stereocenters. The van der Waals surface area contributed by atoms with Crippen LogP contribution in [0.25, 0.3) is 0 Å². The van der Waals surface area contributed by atoms with Gasteiger partial charge < -0.3 is 15.7 Å². The molecule has 1 atom stereocenters. The molecule has 1 fully saturated rings. The Balaban J connectivity index is 2.40. The van der Waals surface area contributed by atoms with Crippen LogP contribution >= 0.6 is 15.9 Å². The number of phenolic OH excluding ortho intramolecular Hbond substituents is 1. The predicted octanol–water partition coefficient (Wildman–Crippen LogP) is 1.67. The van der Waals surface area contributed by atoms with E-state index in [2.05, 4.69) is 26.6 Å². The van der Waals surface area contributed by atoms with Crippen molar-refractivity contribution in [1.82, 2.24) is 10.6 Å². The van der Waals surface area contributed by atoms with Crippen molar-refractivity contribution in [2.24, 2.45) is 0 Å². The maximum absolute atomic E-state index is 13.3. The molecule has 3 N–H and O–H groups in total. The minimum absolute atomic E-state index is 0.0187. The second kappa shape index (κ2) is 4.65. The predicted molar refractivity (Wildman–Crippen MR) is 59.3 cm³/mol. The Bertz CT molecular complexity index is 408. The number of benzene rings is 1. The summed E-state index contributed by atoms with van der Waals surface area (Å²) in [5.41, 5.74) is 0.359. The lowest BCUT2D eigenvalue weighted by Crippen LogP contribution is -2.42. The second-order valence-corrected chi connectivity index (χ2v) is 4.49. The topological polar surface area (TPSA) is 44.3 Å². The summed E-state index contributed by atoms with van der Waals surface area (Å²) >= 11 is 2.92. The van der Waals surface area contributed by atoms with Crippen LogP contribution in [0, 0.1) is 11.6 Å². The first-order valence-corrected chi connectivity index (χ1v) is 5.71. The number of aromatic hydroxyl groups is 1. The van der Waals surface area contributed by atoms with E-state index in [1.807, 2.05) is 0 Å². The quantitative estimate of drug-likeness (QED) is 0.690. The largest absolute Gasteiger partial charge is 0.505 e. The molecule has 0 radical (unpaired) electrons. The van der Waals surface area contributed by atoms with E-state index >= 15 is 0 Å². The van der Waals surface area contributed by atoms with Crippen molar-refractivity contribution in [2.45, 2.75) is 6.04 Å². The van der Waals surface area contributed by atoms with Gasteiger partial charge in [0.25, 0.3) is 0 Å². The molecule has 1 aromatic carbocycles. The van der Waals surface area contributed by atoms with Crippen molar-refractivity contribution in [1.29, 1.82) is 0 Å². The van der Waals surface area contributed by atoms with Gasteiger partial charge in [-0.2, -0.15) is 4.39 Å². The van der Waals surface area contributed by atoms with Crippen LogP contribution in [0.1, 0.15) is 11.6 Å². The summed E-state index contributed by atoms with van der Waals surface area (Å²) in [5, 5.41) is 15.8. The molecule has 0 aliphatic carbocycles. The highest BCUT2D eigenvalue weighted by Crippen LogP contribution is 2.33. The first kappa shape index (κ1) is 11.8. The van der Waals surface area contributed by atoms with Crippen LogP contribution in [-0.4, -0.2) is 24.7 Å². The minimum atomic E-state index is -1.21. The Morgan fingerprint density at radius 2 is 2.06 bits per heavy atom. The molecule has 1 aliphatic rings. The molecule has 88 valence electrons.